The average molecular weight is 371 g/mol. The molecule has 0 unspecified atom stereocenters. The van der Waals surface area contributed by atoms with E-state index in [4.69, 9.17) is 0 Å². The van der Waals surface area contributed by atoms with E-state index in [2.05, 4.69) is 0 Å². The van der Waals surface area contributed by atoms with Crippen molar-refractivity contribution in [2.45, 2.75) is 9.36 Å². The van der Waals surface area contributed by atoms with E-state index in [-0.39, 0.29) is 11.3 Å². The van der Waals surface area contributed by atoms with Crippen LogP contribution in [0.1, 0.15) is 11.7 Å². The lowest BCUT2D eigenvalue weighted by atomic mass is 10.1. The largest absolute Gasteiger partial charge is 0.386 e. The highest BCUT2D eigenvalue weighted by Crippen LogP contribution is 2.28. The van der Waals surface area contributed by atoms with Crippen molar-refractivity contribution >= 4 is 38.1 Å². The van der Waals surface area contributed by atoms with E-state index in [1.165, 1.54) is 24.3 Å². The van der Waals surface area contributed by atoms with Gasteiger partial charge in [-0.3, -0.25) is 10.1 Å². The summed E-state index contributed by atoms with van der Waals surface area (Å²) in [7, 11) is -3.42. The molecular weight excluding hydrogens is 361 g/mol. The fourth-order valence-electron chi connectivity index (χ4n) is 1.21. The van der Waals surface area contributed by atoms with Crippen molar-refractivity contribution in [2.75, 3.05) is 6.26 Å². The van der Waals surface area contributed by atoms with Crippen LogP contribution in [0.2, 0.25) is 0 Å². The zero-order valence-corrected chi connectivity index (χ0v) is 11.8. The number of nitro benzene ring substituents is 1. The lowest BCUT2D eigenvalue weighted by Gasteiger charge is -2.15. The van der Waals surface area contributed by atoms with E-state index < -0.39 is 24.1 Å². The molecule has 17 heavy (non-hydrogen) atoms. The maximum Gasteiger partial charge on any atom is 0.269 e. The highest BCUT2D eigenvalue weighted by atomic mass is 127. The summed E-state index contributed by atoms with van der Waals surface area (Å²) in [6, 6.07) is 5.30. The van der Waals surface area contributed by atoms with Crippen LogP contribution in [0.25, 0.3) is 0 Å². The third-order valence-electron chi connectivity index (χ3n) is 2.08. The summed E-state index contributed by atoms with van der Waals surface area (Å²) in [5, 5.41) is 20.4. The molecule has 0 spiro atoms. The molecule has 1 aromatic rings. The van der Waals surface area contributed by atoms with E-state index in [0.29, 0.717) is 0 Å². The van der Waals surface area contributed by atoms with Gasteiger partial charge in [0.15, 0.2) is 9.84 Å². The molecule has 0 amide bonds. The van der Waals surface area contributed by atoms with Gasteiger partial charge in [0.05, 0.1) is 4.92 Å². The molecule has 0 aliphatic carbocycles. The van der Waals surface area contributed by atoms with Crippen molar-refractivity contribution in [1.82, 2.24) is 0 Å². The van der Waals surface area contributed by atoms with Gasteiger partial charge in [-0.2, -0.15) is 0 Å². The molecule has 0 aromatic heterocycles. The van der Waals surface area contributed by atoms with Crippen LogP contribution in [-0.2, 0) is 9.84 Å². The van der Waals surface area contributed by atoms with Crippen LogP contribution >= 0.6 is 22.6 Å². The fourth-order valence-corrected chi connectivity index (χ4v) is 2.25. The molecule has 1 N–H and O–H groups in total. The minimum absolute atomic E-state index is 0.182. The number of hydrogen-bond acceptors (Lipinski definition) is 5. The SMILES string of the molecule is CS(=O)(=O)[C@H](I)[C@H](O)c1cccc([N+](=O)[O-])c1. The number of halogens is 1. The average Bonchev–Trinajstić information content (AvgIpc) is 2.26. The van der Waals surface area contributed by atoms with Crippen molar-refractivity contribution in [3.63, 3.8) is 0 Å². The summed E-state index contributed by atoms with van der Waals surface area (Å²) >= 11 is 1.60. The molecule has 1 aromatic carbocycles. The Hall–Kier alpha value is -0.740. The van der Waals surface area contributed by atoms with Crippen molar-refractivity contribution < 1.29 is 18.4 Å². The molecule has 0 heterocycles. The first-order valence-corrected chi connectivity index (χ1v) is 7.69. The molecule has 8 heteroatoms. The van der Waals surface area contributed by atoms with Crippen LogP contribution in [0.15, 0.2) is 24.3 Å². The van der Waals surface area contributed by atoms with E-state index in [1.54, 1.807) is 22.6 Å². The zero-order valence-electron chi connectivity index (χ0n) is 8.78. The number of sulfone groups is 1. The van der Waals surface area contributed by atoms with Gasteiger partial charge in [0.2, 0.25) is 0 Å². The Morgan fingerprint density at radius 2 is 2.06 bits per heavy atom. The standard InChI is InChI=1S/C9H10INO5S/c1-17(15,16)9(10)8(12)6-3-2-4-7(5-6)11(13)14/h2-5,8-9,12H,1H3/t8-,9+/m1/s1. The van der Waals surface area contributed by atoms with Crippen molar-refractivity contribution in [3.05, 3.63) is 39.9 Å². The Morgan fingerprint density at radius 1 is 1.47 bits per heavy atom. The van der Waals surface area contributed by atoms with Gasteiger partial charge in [0.1, 0.15) is 9.36 Å². The number of hydrogen-bond donors (Lipinski definition) is 1. The minimum atomic E-state index is -3.42. The summed E-state index contributed by atoms with van der Waals surface area (Å²) in [6.45, 7) is 0. The van der Waals surface area contributed by atoms with Crippen LogP contribution in [0, 0.1) is 10.1 Å². The van der Waals surface area contributed by atoms with Crippen LogP contribution in [0.4, 0.5) is 5.69 Å². The van der Waals surface area contributed by atoms with Gasteiger partial charge in [-0.1, -0.05) is 34.7 Å². The van der Waals surface area contributed by atoms with Crippen molar-refractivity contribution in [1.29, 1.82) is 0 Å². The summed E-state index contributed by atoms with van der Waals surface area (Å²) in [5.41, 5.74) is 0.0303. The molecule has 0 aliphatic rings. The van der Waals surface area contributed by atoms with Gasteiger partial charge < -0.3 is 5.11 Å². The van der Waals surface area contributed by atoms with Crippen LogP contribution in [0.3, 0.4) is 0 Å². The van der Waals surface area contributed by atoms with E-state index in [9.17, 15) is 23.6 Å². The van der Waals surface area contributed by atoms with Gasteiger partial charge in [0.25, 0.3) is 5.69 Å². The first-order chi connectivity index (χ1) is 7.73. The number of nitrogens with zero attached hydrogens (tertiary/aromatic N) is 1. The lowest BCUT2D eigenvalue weighted by molar-refractivity contribution is -0.385. The Labute approximate surface area is 112 Å². The quantitative estimate of drug-likeness (QED) is 0.374. The third kappa shape index (κ3) is 3.61. The van der Waals surface area contributed by atoms with Gasteiger partial charge in [0, 0.05) is 18.4 Å². The summed E-state index contributed by atoms with van der Waals surface area (Å²) in [4.78, 5) is 9.95. The maximum absolute atomic E-state index is 11.3. The second kappa shape index (κ2) is 5.27. The lowest BCUT2D eigenvalue weighted by Crippen LogP contribution is -2.21. The Morgan fingerprint density at radius 3 is 2.53 bits per heavy atom. The first kappa shape index (κ1) is 14.3. The van der Waals surface area contributed by atoms with E-state index in [1.807, 2.05) is 0 Å². The molecule has 0 fully saturated rings. The van der Waals surface area contributed by atoms with E-state index in [0.717, 1.165) is 6.26 Å². The summed E-state index contributed by atoms with van der Waals surface area (Å²) < 4.78 is 21.5. The molecule has 2 atom stereocenters. The molecule has 0 saturated carbocycles. The smallest absolute Gasteiger partial charge is 0.269 e. The normalized spacial score (nSPS) is 15.2. The molecule has 0 aliphatic heterocycles. The van der Waals surface area contributed by atoms with Gasteiger partial charge in [-0.15, -0.1) is 0 Å². The topological polar surface area (TPSA) is 97.5 Å². The molecule has 0 bridgehead atoms. The fraction of sp³-hybridized carbons (Fsp3) is 0.333. The maximum atomic E-state index is 11.3. The van der Waals surface area contributed by atoms with Crippen LogP contribution in [0.5, 0.6) is 0 Å². The number of benzene rings is 1. The van der Waals surface area contributed by atoms with Crippen molar-refractivity contribution in [3.8, 4) is 0 Å². The Balaban J connectivity index is 3.09. The number of aliphatic hydroxyl groups is 1. The molecule has 6 nitrogen and oxygen atoms in total. The highest BCUT2D eigenvalue weighted by Gasteiger charge is 2.28. The summed E-state index contributed by atoms with van der Waals surface area (Å²) in [5.74, 6) is 0. The number of alkyl halides is 1. The first-order valence-electron chi connectivity index (χ1n) is 4.49. The monoisotopic (exact) mass is 371 g/mol. The molecule has 0 radical (unpaired) electrons. The number of non-ortho nitro benzene ring substituents is 1. The predicted molar refractivity (Wildman–Crippen MR) is 70.7 cm³/mol. The molecule has 94 valence electrons. The van der Waals surface area contributed by atoms with Gasteiger partial charge in [-0.05, 0) is 5.56 Å². The van der Waals surface area contributed by atoms with Crippen LogP contribution in [-0.4, -0.2) is 28.0 Å². The Bertz CT molecular complexity index is 530. The molecule has 1 rings (SSSR count). The summed E-state index contributed by atoms with van der Waals surface area (Å²) in [6.07, 6.45) is -0.282. The zero-order chi connectivity index (χ0) is 13.2. The van der Waals surface area contributed by atoms with Crippen molar-refractivity contribution in [2.24, 2.45) is 0 Å². The van der Waals surface area contributed by atoms with E-state index >= 15 is 0 Å². The second-order valence-electron chi connectivity index (χ2n) is 3.48. The van der Waals surface area contributed by atoms with Crippen LogP contribution < -0.4 is 0 Å². The number of nitro groups is 1. The Kier molecular flexibility index (Phi) is 4.44. The number of rotatable bonds is 4. The highest BCUT2D eigenvalue weighted by molar-refractivity contribution is 14.1. The molecule has 0 saturated heterocycles. The van der Waals surface area contributed by atoms with Gasteiger partial charge in [-0.25, -0.2) is 8.42 Å². The third-order valence-corrected chi connectivity index (χ3v) is 6.61. The second-order valence-corrected chi connectivity index (χ2v) is 7.83. The number of aliphatic hydroxyl groups excluding tert-OH is 1. The predicted octanol–water partition coefficient (Wildman–Crippen LogP) is 1.43. The molecular formula is C9H10INO5S. The minimum Gasteiger partial charge on any atom is -0.386 e. The van der Waals surface area contributed by atoms with Gasteiger partial charge >= 0.3 is 0 Å².